The Hall–Kier alpha value is -0.990. The molecule has 3 heteroatoms. The molecule has 1 atom stereocenters. The first kappa shape index (κ1) is 11.1. The lowest BCUT2D eigenvalue weighted by molar-refractivity contribution is 0.580. The number of halogens is 1. The molecule has 2 aromatic rings. The molecule has 0 bridgehead atoms. The molecule has 2 heterocycles. The summed E-state index contributed by atoms with van der Waals surface area (Å²) in [5.41, 5.74) is 3.91. The van der Waals surface area contributed by atoms with E-state index < -0.39 is 0 Å². The minimum atomic E-state index is 0.781. The van der Waals surface area contributed by atoms with Crippen molar-refractivity contribution in [2.24, 2.45) is 5.92 Å². The molecule has 17 heavy (non-hydrogen) atoms. The fourth-order valence-corrected chi connectivity index (χ4v) is 2.97. The molecule has 1 saturated heterocycles. The maximum Gasteiger partial charge on any atom is 0.0473 e. The van der Waals surface area contributed by atoms with Gasteiger partial charge in [-0.25, -0.2) is 0 Å². The van der Waals surface area contributed by atoms with E-state index in [0.29, 0.717) is 0 Å². The van der Waals surface area contributed by atoms with Crippen LogP contribution in [0.5, 0.6) is 0 Å². The average Bonchev–Trinajstić information content (AvgIpc) is 2.88. The Morgan fingerprint density at radius 3 is 3.06 bits per heavy atom. The van der Waals surface area contributed by atoms with Gasteiger partial charge < -0.3 is 10.3 Å². The summed E-state index contributed by atoms with van der Waals surface area (Å²) in [6.07, 6.45) is 2.46. The largest absolute Gasteiger partial charge is 0.358 e. The predicted octanol–water partition coefficient (Wildman–Crippen LogP) is 3.28. The second kappa shape index (κ2) is 4.35. The van der Waals surface area contributed by atoms with E-state index in [-0.39, 0.29) is 0 Å². The molecule has 0 spiro atoms. The lowest BCUT2D eigenvalue weighted by atomic mass is 9.96. The normalized spacial score (nSPS) is 20.2. The van der Waals surface area contributed by atoms with Crippen LogP contribution in [-0.4, -0.2) is 18.1 Å². The van der Waals surface area contributed by atoms with Gasteiger partial charge in [0.2, 0.25) is 0 Å². The SMILES string of the molecule is Cc1[nH]c2cc(Cl)ccc2c1CC1CCNC1. The zero-order valence-corrected chi connectivity index (χ0v) is 10.8. The van der Waals surface area contributed by atoms with Crippen molar-refractivity contribution in [1.29, 1.82) is 0 Å². The van der Waals surface area contributed by atoms with Crippen LogP contribution in [0.25, 0.3) is 10.9 Å². The van der Waals surface area contributed by atoms with Gasteiger partial charge in [0.15, 0.2) is 0 Å². The molecular weight excluding hydrogens is 232 g/mol. The number of aromatic amines is 1. The topological polar surface area (TPSA) is 27.8 Å². The van der Waals surface area contributed by atoms with Gasteiger partial charge in [-0.1, -0.05) is 17.7 Å². The maximum atomic E-state index is 6.02. The fourth-order valence-electron chi connectivity index (χ4n) is 2.80. The lowest BCUT2D eigenvalue weighted by Gasteiger charge is -2.08. The van der Waals surface area contributed by atoms with E-state index in [2.05, 4.69) is 23.3 Å². The Bertz CT molecular complexity index is 538. The molecule has 1 aliphatic rings. The Morgan fingerprint density at radius 2 is 2.29 bits per heavy atom. The van der Waals surface area contributed by atoms with E-state index in [9.17, 15) is 0 Å². The van der Waals surface area contributed by atoms with Crippen molar-refractivity contribution in [1.82, 2.24) is 10.3 Å². The first-order valence-corrected chi connectivity index (χ1v) is 6.59. The molecule has 1 aromatic carbocycles. The van der Waals surface area contributed by atoms with Crippen LogP contribution < -0.4 is 5.32 Å². The highest BCUT2D eigenvalue weighted by Crippen LogP contribution is 2.28. The van der Waals surface area contributed by atoms with Gasteiger partial charge in [-0.15, -0.1) is 0 Å². The van der Waals surface area contributed by atoms with Crippen molar-refractivity contribution in [3.05, 3.63) is 34.5 Å². The molecule has 3 rings (SSSR count). The van der Waals surface area contributed by atoms with Crippen molar-refractivity contribution >= 4 is 22.5 Å². The molecule has 1 fully saturated rings. The van der Waals surface area contributed by atoms with Crippen LogP contribution in [0.3, 0.4) is 0 Å². The van der Waals surface area contributed by atoms with Crippen LogP contribution >= 0.6 is 11.6 Å². The van der Waals surface area contributed by atoms with Gasteiger partial charge in [-0.3, -0.25) is 0 Å². The quantitative estimate of drug-likeness (QED) is 0.839. The third-order valence-electron chi connectivity index (χ3n) is 3.74. The molecule has 0 amide bonds. The van der Waals surface area contributed by atoms with Crippen molar-refractivity contribution < 1.29 is 0 Å². The zero-order chi connectivity index (χ0) is 11.8. The maximum absolute atomic E-state index is 6.02. The van der Waals surface area contributed by atoms with Gasteiger partial charge in [-0.2, -0.15) is 0 Å². The number of benzene rings is 1. The Labute approximate surface area is 106 Å². The average molecular weight is 249 g/mol. The first-order chi connectivity index (χ1) is 8.24. The summed E-state index contributed by atoms with van der Waals surface area (Å²) in [7, 11) is 0. The molecule has 1 aliphatic heterocycles. The van der Waals surface area contributed by atoms with Crippen LogP contribution in [0.4, 0.5) is 0 Å². The van der Waals surface area contributed by atoms with Gasteiger partial charge in [-0.05, 0) is 56.5 Å². The Morgan fingerprint density at radius 1 is 1.41 bits per heavy atom. The summed E-state index contributed by atoms with van der Waals surface area (Å²) in [5.74, 6) is 0.781. The van der Waals surface area contributed by atoms with Gasteiger partial charge in [0, 0.05) is 21.6 Å². The summed E-state index contributed by atoms with van der Waals surface area (Å²) < 4.78 is 0. The van der Waals surface area contributed by atoms with Gasteiger partial charge >= 0.3 is 0 Å². The number of aromatic nitrogens is 1. The first-order valence-electron chi connectivity index (χ1n) is 6.21. The van der Waals surface area contributed by atoms with Crippen LogP contribution in [0.1, 0.15) is 17.7 Å². The van der Waals surface area contributed by atoms with Crippen LogP contribution in [0.2, 0.25) is 5.02 Å². The standard InChI is InChI=1S/C14H17ClN2/c1-9-13(6-10-4-5-16-8-10)12-3-2-11(15)7-14(12)17-9/h2-3,7,10,16-17H,4-6,8H2,1H3. The number of aryl methyl sites for hydroxylation is 1. The molecular formula is C14H17ClN2. The van der Waals surface area contributed by atoms with Gasteiger partial charge in [0.05, 0.1) is 0 Å². The predicted molar refractivity (Wildman–Crippen MR) is 72.7 cm³/mol. The Balaban J connectivity index is 1.99. The minimum absolute atomic E-state index is 0.781. The third-order valence-corrected chi connectivity index (χ3v) is 3.97. The van der Waals surface area contributed by atoms with E-state index in [4.69, 9.17) is 11.6 Å². The number of rotatable bonds is 2. The third kappa shape index (κ3) is 2.07. The second-order valence-corrected chi connectivity index (χ2v) is 5.42. The van der Waals surface area contributed by atoms with E-state index in [1.165, 1.54) is 29.5 Å². The number of H-pyrrole nitrogens is 1. The fraction of sp³-hybridized carbons (Fsp3) is 0.429. The minimum Gasteiger partial charge on any atom is -0.358 e. The summed E-state index contributed by atoms with van der Waals surface area (Å²) >= 11 is 6.02. The zero-order valence-electron chi connectivity index (χ0n) is 10.0. The van der Waals surface area contributed by atoms with Crippen molar-refractivity contribution in [2.75, 3.05) is 13.1 Å². The van der Waals surface area contributed by atoms with Crippen LogP contribution in [-0.2, 0) is 6.42 Å². The molecule has 90 valence electrons. The highest BCUT2D eigenvalue weighted by atomic mass is 35.5. The molecule has 0 saturated carbocycles. The van der Waals surface area contributed by atoms with Crippen LogP contribution in [0.15, 0.2) is 18.2 Å². The number of hydrogen-bond donors (Lipinski definition) is 2. The van der Waals surface area contributed by atoms with Gasteiger partial charge in [0.25, 0.3) is 0 Å². The number of fused-ring (bicyclic) bond motifs is 1. The molecule has 2 N–H and O–H groups in total. The molecule has 1 unspecified atom stereocenters. The monoisotopic (exact) mass is 248 g/mol. The summed E-state index contributed by atoms with van der Waals surface area (Å²) in [4.78, 5) is 3.44. The van der Waals surface area contributed by atoms with E-state index in [0.717, 1.165) is 29.5 Å². The molecule has 1 aromatic heterocycles. The number of hydrogen-bond acceptors (Lipinski definition) is 1. The van der Waals surface area contributed by atoms with Crippen molar-refractivity contribution in [3.63, 3.8) is 0 Å². The highest BCUT2D eigenvalue weighted by molar-refractivity contribution is 6.31. The second-order valence-electron chi connectivity index (χ2n) is 4.98. The van der Waals surface area contributed by atoms with Crippen LogP contribution in [0, 0.1) is 12.8 Å². The van der Waals surface area contributed by atoms with Gasteiger partial charge in [0.1, 0.15) is 0 Å². The van der Waals surface area contributed by atoms with E-state index in [1.807, 2.05) is 12.1 Å². The van der Waals surface area contributed by atoms with Crippen molar-refractivity contribution in [2.45, 2.75) is 19.8 Å². The van der Waals surface area contributed by atoms with E-state index >= 15 is 0 Å². The Kier molecular flexibility index (Phi) is 2.85. The lowest BCUT2D eigenvalue weighted by Crippen LogP contribution is -2.11. The highest BCUT2D eigenvalue weighted by Gasteiger charge is 2.18. The summed E-state index contributed by atoms with van der Waals surface area (Å²) in [5, 5.41) is 5.56. The van der Waals surface area contributed by atoms with E-state index in [1.54, 1.807) is 0 Å². The number of nitrogens with one attached hydrogen (secondary N) is 2. The molecule has 0 radical (unpaired) electrons. The molecule has 2 nitrogen and oxygen atoms in total. The summed E-state index contributed by atoms with van der Waals surface area (Å²) in [6, 6.07) is 6.13. The van der Waals surface area contributed by atoms with Crippen molar-refractivity contribution in [3.8, 4) is 0 Å². The smallest absolute Gasteiger partial charge is 0.0473 e. The molecule has 0 aliphatic carbocycles. The summed E-state index contributed by atoms with van der Waals surface area (Å²) in [6.45, 7) is 4.48.